The van der Waals surface area contributed by atoms with Crippen LogP contribution in [0.1, 0.15) is 23.4 Å². The number of carbonyl (C=O) groups is 2. The lowest BCUT2D eigenvalue weighted by Gasteiger charge is -2.33. The Hall–Kier alpha value is -1.97. The van der Waals surface area contributed by atoms with Gasteiger partial charge in [0.15, 0.2) is 6.39 Å². The van der Waals surface area contributed by atoms with E-state index >= 15 is 0 Å². The summed E-state index contributed by atoms with van der Waals surface area (Å²) in [5.74, 6) is -0.369. The van der Waals surface area contributed by atoms with Gasteiger partial charge in [0.05, 0.1) is 32.5 Å². The summed E-state index contributed by atoms with van der Waals surface area (Å²) < 4.78 is 10.4. The first kappa shape index (κ1) is 17.8. The van der Waals surface area contributed by atoms with Gasteiger partial charge in [0, 0.05) is 12.5 Å². The molecule has 1 aromatic rings. The summed E-state index contributed by atoms with van der Waals surface area (Å²) in [7, 11) is 0. The minimum atomic E-state index is -1.34. The SMILES string of the molecule is O=C(NCC1(O)COCCN(C(=O)C2CCNCC2)C1)c1cnco1. The van der Waals surface area contributed by atoms with Gasteiger partial charge >= 0.3 is 0 Å². The van der Waals surface area contributed by atoms with Crippen LogP contribution in [0.4, 0.5) is 0 Å². The maximum Gasteiger partial charge on any atom is 0.288 e. The second-order valence-electron chi connectivity index (χ2n) is 6.61. The molecule has 25 heavy (non-hydrogen) atoms. The van der Waals surface area contributed by atoms with Crippen LogP contribution in [-0.2, 0) is 9.53 Å². The third-order valence-corrected chi connectivity index (χ3v) is 4.60. The highest BCUT2D eigenvalue weighted by atomic mass is 16.5. The predicted octanol–water partition coefficient (Wildman–Crippen LogP) is -1.01. The first-order valence-electron chi connectivity index (χ1n) is 8.54. The maximum absolute atomic E-state index is 12.7. The Kier molecular flexibility index (Phi) is 5.67. The molecule has 3 rings (SSSR count). The third-order valence-electron chi connectivity index (χ3n) is 4.60. The Morgan fingerprint density at radius 3 is 2.96 bits per heavy atom. The molecule has 0 bridgehead atoms. The Morgan fingerprint density at radius 2 is 2.24 bits per heavy atom. The fourth-order valence-corrected chi connectivity index (χ4v) is 3.20. The van der Waals surface area contributed by atoms with E-state index in [-0.39, 0.29) is 37.3 Å². The van der Waals surface area contributed by atoms with Gasteiger partial charge in [-0.2, -0.15) is 0 Å². The highest BCUT2D eigenvalue weighted by Crippen LogP contribution is 2.19. The Bertz CT molecular complexity index is 587. The number of carbonyl (C=O) groups excluding carboxylic acids is 2. The summed E-state index contributed by atoms with van der Waals surface area (Å²) in [5.41, 5.74) is -1.34. The van der Waals surface area contributed by atoms with Crippen LogP contribution >= 0.6 is 0 Å². The lowest BCUT2D eigenvalue weighted by Crippen LogP contribution is -2.54. The third kappa shape index (κ3) is 4.56. The van der Waals surface area contributed by atoms with Crippen molar-refractivity contribution in [3.63, 3.8) is 0 Å². The average molecular weight is 352 g/mol. The second-order valence-corrected chi connectivity index (χ2v) is 6.61. The molecule has 2 aliphatic heterocycles. The van der Waals surface area contributed by atoms with Crippen LogP contribution < -0.4 is 10.6 Å². The van der Waals surface area contributed by atoms with Crippen molar-refractivity contribution < 1.29 is 23.8 Å². The normalized spacial score (nSPS) is 25.4. The molecule has 0 saturated carbocycles. The lowest BCUT2D eigenvalue weighted by molar-refractivity contribution is -0.139. The molecule has 2 aliphatic rings. The quantitative estimate of drug-likeness (QED) is 0.636. The van der Waals surface area contributed by atoms with Crippen molar-refractivity contribution in [3.8, 4) is 0 Å². The number of β-amino-alcohol motifs (C(OH)–C–C–N with tert-alkyl or cyclic N) is 1. The first-order valence-corrected chi connectivity index (χ1v) is 8.54. The predicted molar refractivity (Wildman–Crippen MR) is 86.8 cm³/mol. The standard InChI is InChI=1S/C16H24N4O5/c21-14(13-7-18-11-25-13)19-8-16(23)9-20(5-6-24-10-16)15(22)12-1-3-17-4-2-12/h7,11-12,17,23H,1-6,8-10H2,(H,19,21). The number of aliphatic hydroxyl groups is 1. The van der Waals surface area contributed by atoms with Crippen molar-refractivity contribution in [1.29, 1.82) is 0 Å². The molecular weight excluding hydrogens is 328 g/mol. The van der Waals surface area contributed by atoms with E-state index in [0.29, 0.717) is 13.2 Å². The number of hydrogen-bond acceptors (Lipinski definition) is 7. The molecule has 0 radical (unpaired) electrons. The van der Waals surface area contributed by atoms with Crippen LogP contribution in [0.3, 0.4) is 0 Å². The smallest absolute Gasteiger partial charge is 0.288 e. The molecule has 0 aliphatic carbocycles. The van der Waals surface area contributed by atoms with Crippen molar-refractivity contribution in [2.75, 3.05) is 45.9 Å². The van der Waals surface area contributed by atoms with Gasteiger partial charge in [-0.25, -0.2) is 4.98 Å². The zero-order valence-electron chi connectivity index (χ0n) is 14.1. The monoisotopic (exact) mass is 352 g/mol. The molecular formula is C16H24N4O5. The van der Waals surface area contributed by atoms with Crippen molar-refractivity contribution >= 4 is 11.8 Å². The number of amides is 2. The Morgan fingerprint density at radius 1 is 1.44 bits per heavy atom. The average Bonchev–Trinajstić information content (AvgIpc) is 3.10. The van der Waals surface area contributed by atoms with Gasteiger partial charge in [-0.05, 0) is 25.9 Å². The number of rotatable bonds is 4. The van der Waals surface area contributed by atoms with Crippen LogP contribution in [0, 0.1) is 5.92 Å². The molecule has 0 spiro atoms. The van der Waals surface area contributed by atoms with E-state index in [1.54, 1.807) is 4.90 Å². The molecule has 3 N–H and O–H groups in total. The van der Waals surface area contributed by atoms with E-state index in [1.807, 2.05) is 0 Å². The van der Waals surface area contributed by atoms with E-state index in [9.17, 15) is 14.7 Å². The molecule has 9 nitrogen and oxygen atoms in total. The summed E-state index contributed by atoms with van der Waals surface area (Å²) in [4.78, 5) is 30.0. The molecule has 138 valence electrons. The van der Waals surface area contributed by atoms with Gasteiger partial charge < -0.3 is 29.8 Å². The Balaban J connectivity index is 1.59. The number of aromatic nitrogens is 1. The number of oxazole rings is 1. The van der Waals surface area contributed by atoms with Crippen LogP contribution in [0.2, 0.25) is 0 Å². The summed E-state index contributed by atoms with van der Waals surface area (Å²) in [6.45, 7) is 2.63. The number of ether oxygens (including phenoxy) is 1. The van der Waals surface area contributed by atoms with E-state index in [0.717, 1.165) is 32.3 Å². The number of piperidine rings is 1. The van der Waals surface area contributed by atoms with Gasteiger partial charge in [0.2, 0.25) is 11.7 Å². The molecule has 3 heterocycles. The first-order chi connectivity index (χ1) is 12.1. The molecule has 1 atom stereocenters. The fourth-order valence-electron chi connectivity index (χ4n) is 3.20. The summed E-state index contributed by atoms with van der Waals surface area (Å²) in [6, 6.07) is 0. The molecule has 9 heteroatoms. The molecule has 2 fully saturated rings. The van der Waals surface area contributed by atoms with Crippen LogP contribution in [-0.4, -0.2) is 78.3 Å². The molecule has 1 aromatic heterocycles. The van der Waals surface area contributed by atoms with Crippen molar-refractivity contribution in [1.82, 2.24) is 20.5 Å². The van der Waals surface area contributed by atoms with E-state index in [4.69, 9.17) is 9.15 Å². The van der Waals surface area contributed by atoms with Gasteiger partial charge in [0.25, 0.3) is 5.91 Å². The summed E-state index contributed by atoms with van der Waals surface area (Å²) in [5, 5.41) is 16.7. The number of nitrogens with one attached hydrogen (secondary N) is 2. The van der Waals surface area contributed by atoms with E-state index < -0.39 is 11.5 Å². The lowest BCUT2D eigenvalue weighted by atomic mass is 9.95. The van der Waals surface area contributed by atoms with Crippen LogP contribution in [0.25, 0.3) is 0 Å². The zero-order chi connectivity index (χ0) is 17.7. The number of hydrogen-bond donors (Lipinski definition) is 3. The highest BCUT2D eigenvalue weighted by molar-refractivity contribution is 5.91. The van der Waals surface area contributed by atoms with E-state index in [1.165, 1.54) is 6.20 Å². The van der Waals surface area contributed by atoms with Crippen molar-refractivity contribution in [2.24, 2.45) is 5.92 Å². The fraction of sp³-hybridized carbons (Fsp3) is 0.688. The second kappa shape index (κ2) is 7.94. The van der Waals surface area contributed by atoms with Crippen molar-refractivity contribution in [3.05, 3.63) is 18.4 Å². The minimum absolute atomic E-state index is 0.0209. The van der Waals surface area contributed by atoms with Gasteiger partial charge in [-0.3, -0.25) is 9.59 Å². The van der Waals surface area contributed by atoms with Gasteiger partial charge in [0.1, 0.15) is 5.60 Å². The molecule has 0 aromatic carbocycles. The number of nitrogens with zero attached hydrogens (tertiary/aromatic N) is 2. The van der Waals surface area contributed by atoms with E-state index in [2.05, 4.69) is 15.6 Å². The highest BCUT2D eigenvalue weighted by Gasteiger charge is 2.37. The summed E-state index contributed by atoms with van der Waals surface area (Å²) in [6.07, 6.45) is 4.07. The van der Waals surface area contributed by atoms with Crippen molar-refractivity contribution in [2.45, 2.75) is 18.4 Å². The Labute approximate surface area is 145 Å². The zero-order valence-corrected chi connectivity index (χ0v) is 14.1. The molecule has 1 unspecified atom stereocenters. The molecule has 2 saturated heterocycles. The maximum atomic E-state index is 12.7. The van der Waals surface area contributed by atoms with Gasteiger partial charge in [-0.1, -0.05) is 0 Å². The summed E-state index contributed by atoms with van der Waals surface area (Å²) >= 11 is 0. The van der Waals surface area contributed by atoms with Crippen LogP contribution in [0.5, 0.6) is 0 Å². The largest absolute Gasteiger partial charge is 0.438 e. The topological polar surface area (TPSA) is 117 Å². The minimum Gasteiger partial charge on any atom is -0.438 e. The van der Waals surface area contributed by atoms with Gasteiger partial charge in [-0.15, -0.1) is 0 Å². The van der Waals surface area contributed by atoms with Crippen LogP contribution in [0.15, 0.2) is 17.0 Å². The molecule has 2 amide bonds.